The highest BCUT2D eigenvalue weighted by atomic mass is 16.5. The zero-order valence-electron chi connectivity index (χ0n) is 11.3. The maximum absolute atomic E-state index is 11.7. The number of carboxylic acids is 1. The zero-order chi connectivity index (χ0) is 14.5. The third-order valence-electron chi connectivity index (χ3n) is 3.60. The number of aromatic nitrogens is 2. The van der Waals surface area contributed by atoms with Crippen molar-refractivity contribution >= 4 is 5.97 Å². The van der Waals surface area contributed by atoms with Gasteiger partial charge < -0.3 is 10.8 Å². The Kier molecular flexibility index (Phi) is 4.73. The van der Waals surface area contributed by atoms with Gasteiger partial charge in [-0.3, -0.25) is 9.09 Å². The van der Waals surface area contributed by atoms with Crippen molar-refractivity contribution in [1.82, 2.24) is 9.72 Å². The van der Waals surface area contributed by atoms with E-state index in [0.717, 1.165) is 25.7 Å². The van der Waals surface area contributed by atoms with Crippen LogP contribution in [0, 0.1) is 0 Å². The van der Waals surface area contributed by atoms with Gasteiger partial charge in [0.15, 0.2) is 11.9 Å². The number of aliphatic carboxylic acids is 1. The lowest BCUT2D eigenvalue weighted by atomic mass is 10.1. The molecule has 0 saturated heterocycles. The molecular formula is C13H20N3O4+. The first-order valence-corrected chi connectivity index (χ1v) is 6.87. The third-order valence-corrected chi connectivity index (χ3v) is 3.60. The van der Waals surface area contributed by atoms with Crippen LogP contribution in [0.3, 0.4) is 0 Å². The minimum atomic E-state index is -0.901. The lowest BCUT2D eigenvalue weighted by Gasteiger charge is -2.13. The van der Waals surface area contributed by atoms with E-state index in [-0.39, 0.29) is 6.04 Å². The molecule has 0 fully saturated rings. The molecule has 4 N–H and O–H groups in total. The van der Waals surface area contributed by atoms with E-state index in [1.807, 2.05) is 12.2 Å². The summed E-state index contributed by atoms with van der Waals surface area (Å²) in [5, 5.41) is 12.6. The van der Waals surface area contributed by atoms with Crippen molar-refractivity contribution in [2.24, 2.45) is 0 Å². The highest BCUT2D eigenvalue weighted by molar-refractivity contribution is 5.71. The average Bonchev–Trinajstić information content (AvgIpc) is 2.66. The van der Waals surface area contributed by atoms with Gasteiger partial charge in [-0.1, -0.05) is 23.7 Å². The van der Waals surface area contributed by atoms with Crippen LogP contribution in [0.4, 0.5) is 0 Å². The average molecular weight is 282 g/mol. The van der Waals surface area contributed by atoms with E-state index in [2.05, 4.69) is 10.9 Å². The molecule has 0 aliphatic carbocycles. The first-order chi connectivity index (χ1) is 9.59. The molecule has 0 aromatic carbocycles. The van der Waals surface area contributed by atoms with Gasteiger partial charge in [0.05, 0.1) is 0 Å². The summed E-state index contributed by atoms with van der Waals surface area (Å²) in [5.41, 5.74) is 3.55. The number of fused-ring (bicyclic) bond motifs is 1. The summed E-state index contributed by atoms with van der Waals surface area (Å²) in [5.74, 6) is -0.589. The number of hydrogen-bond acceptors (Lipinski definition) is 4. The maximum Gasteiger partial charge on any atom is 0.441 e. The van der Waals surface area contributed by atoms with Crippen molar-refractivity contribution in [2.45, 2.75) is 50.6 Å². The Bertz CT molecular complexity index is 546. The van der Waals surface area contributed by atoms with Crippen molar-refractivity contribution in [3.05, 3.63) is 28.5 Å². The van der Waals surface area contributed by atoms with Gasteiger partial charge in [0.1, 0.15) is 0 Å². The molecule has 20 heavy (non-hydrogen) atoms. The Labute approximate surface area is 116 Å². The molecule has 0 radical (unpaired) electrons. The van der Waals surface area contributed by atoms with E-state index in [0.29, 0.717) is 18.7 Å². The molecule has 7 nitrogen and oxygen atoms in total. The van der Waals surface area contributed by atoms with Crippen molar-refractivity contribution < 1.29 is 20.2 Å². The molecule has 0 amide bonds. The van der Waals surface area contributed by atoms with Crippen LogP contribution in [-0.2, 0) is 11.2 Å². The minimum Gasteiger partial charge on any atom is -0.477 e. The number of carbonyl (C=O) groups is 1. The molecule has 0 spiro atoms. The number of aryl methyl sites for hydroxylation is 1. The predicted octanol–water partition coefficient (Wildman–Crippen LogP) is 0.135. The Morgan fingerprint density at radius 3 is 3.10 bits per heavy atom. The Balaban J connectivity index is 1.99. The predicted molar refractivity (Wildman–Crippen MR) is 70.0 cm³/mol. The molecule has 2 heterocycles. The standard InChI is InChI=1S/C13H19N3O4/c14-10(12(17)18)7-3-1-5-9-6-2-4-8-11-15-20-13(19)16(9)11/h1,3,9-10H,2,4-8,14H2,(H,17,18)/p+1/b3-1+/t9-,10-/m0/s1. The second-order valence-corrected chi connectivity index (χ2v) is 5.11. The largest absolute Gasteiger partial charge is 0.477 e. The van der Waals surface area contributed by atoms with E-state index in [9.17, 15) is 9.59 Å². The molecule has 1 aromatic rings. The van der Waals surface area contributed by atoms with Gasteiger partial charge in [0, 0.05) is 18.9 Å². The summed E-state index contributed by atoms with van der Waals surface area (Å²) >= 11 is 0. The molecule has 2 atom stereocenters. The van der Waals surface area contributed by atoms with Crippen LogP contribution in [0.25, 0.3) is 0 Å². The van der Waals surface area contributed by atoms with Gasteiger partial charge >= 0.3 is 11.7 Å². The zero-order valence-corrected chi connectivity index (χ0v) is 11.3. The van der Waals surface area contributed by atoms with Crippen LogP contribution >= 0.6 is 0 Å². The quantitative estimate of drug-likeness (QED) is 0.745. The second kappa shape index (κ2) is 6.51. The van der Waals surface area contributed by atoms with Gasteiger partial charge in [-0.25, -0.2) is 9.59 Å². The number of carboxylic acid groups (broad SMARTS) is 1. The molecule has 1 aliphatic heterocycles. The van der Waals surface area contributed by atoms with E-state index in [4.69, 9.17) is 9.63 Å². The molecule has 0 unspecified atom stereocenters. The Morgan fingerprint density at radius 1 is 1.55 bits per heavy atom. The van der Waals surface area contributed by atoms with Crippen LogP contribution in [0.5, 0.6) is 0 Å². The SMILES string of the molecule is [NH3+][C@@H](C/C=C/C[C@H]1CCCCc2noc(=O)n21)C(=O)O. The molecule has 0 saturated carbocycles. The normalized spacial score (nSPS) is 20.6. The van der Waals surface area contributed by atoms with Gasteiger partial charge in [-0.05, 0) is 19.3 Å². The number of nitrogens with zero attached hydrogens (tertiary/aromatic N) is 2. The van der Waals surface area contributed by atoms with E-state index in [1.54, 1.807) is 4.57 Å². The van der Waals surface area contributed by atoms with Gasteiger partial charge in [-0.2, -0.15) is 0 Å². The fraction of sp³-hybridized carbons (Fsp3) is 0.615. The highest BCUT2D eigenvalue weighted by Gasteiger charge is 2.22. The number of allylic oxidation sites excluding steroid dienone is 1. The fourth-order valence-corrected chi connectivity index (χ4v) is 2.44. The topological polar surface area (TPSA) is 113 Å². The number of rotatable bonds is 5. The summed E-state index contributed by atoms with van der Waals surface area (Å²) in [6, 6.07) is -0.579. The lowest BCUT2D eigenvalue weighted by molar-refractivity contribution is -0.406. The van der Waals surface area contributed by atoms with Crippen molar-refractivity contribution in [3.8, 4) is 0 Å². The first-order valence-electron chi connectivity index (χ1n) is 6.87. The van der Waals surface area contributed by atoms with Crippen molar-refractivity contribution in [2.75, 3.05) is 0 Å². The van der Waals surface area contributed by atoms with Gasteiger partial charge in [0.25, 0.3) is 0 Å². The number of quaternary nitrogens is 1. The summed E-state index contributed by atoms with van der Waals surface area (Å²) in [6.45, 7) is 0. The summed E-state index contributed by atoms with van der Waals surface area (Å²) in [7, 11) is 0. The maximum atomic E-state index is 11.7. The summed E-state index contributed by atoms with van der Waals surface area (Å²) < 4.78 is 6.36. The van der Waals surface area contributed by atoms with Gasteiger partial charge in [0.2, 0.25) is 0 Å². The smallest absolute Gasteiger partial charge is 0.441 e. The van der Waals surface area contributed by atoms with Crippen LogP contribution < -0.4 is 11.5 Å². The number of hydrogen-bond donors (Lipinski definition) is 2. The second-order valence-electron chi connectivity index (χ2n) is 5.11. The molecule has 7 heteroatoms. The lowest BCUT2D eigenvalue weighted by Crippen LogP contribution is -2.64. The Morgan fingerprint density at radius 2 is 2.35 bits per heavy atom. The summed E-state index contributed by atoms with van der Waals surface area (Å²) in [4.78, 5) is 22.3. The molecule has 110 valence electrons. The molecule has 1 aliphatic rings. The van der Waals surface area contributed by atoms with Crippen molar-refractivity contribution in [1.29, 1.82) is 0 Å². The van der Waals surface area contributed by atoms with Crippen LogP contribution in [0.1, 0.15) is 44.0 Å². The van der Waals surface area contributed by atoms with Crippen LogP contribution in [-0.4, -0.2) is 26.8 Å². The van der Waals surface area contributed by atoms with Gasteiger partial charge in [-0.15, -0.1) is 0 Å². The van der Waals surface area contributed by atoms with E-state index >= 15 is 0 Å². The van der Waals surface area contributed by atoms with E-state index in [1.165, 1.54) is 0 Å². The minimum absolute atomic E-state index is 0.0515. The van der Waals surface area contributed by atoms with Crippen LogP contribution in [0.2, 0.25) is 0 Å². The monoisotopic (exact) mass is 282 g/mol. The molecule has 0 bridgehead atoms. The van der Waals surface area contributed by atoms with Crippen LogP contribution in [0.15, 0.2) is 21.5 Å². The van der Waals surface area contributed by atoms with E-state index < -0.39 is 17.8 Å². The molecular weight excluding hydrogens is 262 g/mol. The highest BCUT2D eigenvalue weighted by Crippen LogP contribution is 2.24. The Hall–Kier alpha value is -1.89. The van der Waals surface area contributed by atoms with Crippen molar-refractivity contribution in [3.63, 3.8) is 0 Å². The fourth-order valence-electron chi connectivity index (χ4n) is 2.44. The molecule has 1 aromatic heterocycles. The third kappa shape index (κ3) is 3.36. The summed E-state index contributed by atoms with van der Waals surface area (Å²) in [6.07, 6.45) is 8.54. The molecule has 2 rings (SSSR count). The first kappa shape index (κ1) is 14.5.